The number of amides is 1. The third kappa shape index (κ3) is 4.33. The molecular weight excluding hydrogens is 310 g/mol. The van der Waals surface area contributed by atoms with Gasteiger partial charge in [-0.1, -0.05) is 44.2 Å². The van der Waals surface area contributed by atoms with Crippen molar-refractivity contribution in [3.63, 3.8) is 0 Å². The molecule has 0 aliphatic heterocycles. The standard InChI is InChI=1S/C18H20ClN3O/c1-12(2)13-7-3-5-9-15(13)22-18(23)14-8-4-6-10-16(14)21-17(20)11-19/h3-10,12H,11H2,1-2H3,(H2,20,21)(H,22,23). The molecule has 0 saturated carbocycles. The van der Waals surface area contributed by atoms with Crippen molar-refractivity contribution in [3.8, 4) is 0 Å². The zero-order valence-corrected chi connectivity index (χ0v) is 14.0. The molecule has 2 rings (SSSR count). The molecule has 1 amide bonds. The number of nitrogens with zero attached hydrogens (tertiary/aromatic N) is 1. The highest BCUT2D eigenvalue weighted by Crippen LogP contribution is 2.26. The SMILES string of the molecule is CC(C)c1ccccc1NC(=O)c1ccccc1N=C(N)CCl. The number of amidine groups is 1. The van der Waals surface area contributed by atoms with Gasteiger partial charge in [0.2, 0.25) is 0 Å². The number of anilines is 1. The van der Waals surface area contributed by atoms with E-state index in [-0.39, 0.29) is 17.6 Å². The molecule has 5 heteroatoms. The van der Waals surface area contributed by atoms with E-state index >= 15 is 0 Å². The fraction of sp³-hybridized carbons (Fsp3) is 0.222. The first kappa shape index (κ1) is 17.0. The second-order valence-corrected chi connectivity index (χ2v) is 5.72. The number of carbonyl (C=O) groups is 1. The number of nitrogens with one attached hydrogen (secondary N) is 1. The largest absolute Gasteiger partial charge is 0.386 e. The summed E-state index contributed by atoms with van der Waals surface area (Å²) in [5, 5.41) is 2.96. The van der Waals surface area contributed by atoms with Crippen LogP contribution in [-0.2, 0) is 0 Å². The number of hydrogen-bond acceptors (Lipinski definition) is 2. The molecular formula is C18H20ClN3O. The Hall–Kier alpha value is -2.33. The lowest BCUT2D eigenvalue weighted by molar-refractivity contribution is 0.102. The second-order valence-electron chi connectivity index (χ2n) is 5.45. The Balaban J connectivity index is 2.33. The predicted molar refractivity (Wildman–Crippen MR) is 96.9 cm³/mol. The van der Waals surface area contributed by atoms with Crippen LogP contribution in [-0.4, -0.2) is 17.6 Å². The summed E-state index contributed by atoms with van der Waals surface area (Å²) >= 11 is 5.66. The highest BCUT2D eigenvalue weighted by molar-refractivity contribution is 6.28. The maximum atomic E-state index is 12.6. The number of hydrogen-bond donors (Lipinski definition) is 2. The van der Waals surface area contributed by atoms with Crippen LogP contribution >= 0.6 is 11.6 Å². The first-order valence-corrected chi connectivity index (χ1v) is 7.94. The fourth-order valence-electron chi connectivity index (χ4n) is 2.25. The van der Waals surface area contributed by atoms with Crippen LogP contribution in [0.3, 0.4) is 0 Å². The number of rotatable bonds is 5. The Labute approximate surface area is 141 Å². The fourth-order valence-corrected chi connectivity index (χ4v) is 2.31. The van der Waals surface area contributed by atoms with Crippen molar-refractivity contribution in [2.75, 3.05) is 11.2 Å². The van der Waals surface area contributed by atoms with Gasteiger partial charge in [0.05, 0.1) is 17.1 Å². The number of aliphatic imine (C=N–C) groups is 1. The molecule has 0 saturated heterocycles. The Morgan fingerprint density at radius 1 is 1.17 bits per heavy atom. The van der Waals surface area contributed by atoms with Gasteiger partial charge >= 0.3 is 0 Å². The molecule has 2 aromatic carbocycles. The molecule has 0 unspecified atom stereocenters. The number of carbonyl (C=O) groups excluding carboxylic acids is 1. The van der Waals surface area contributed by atoms with Crippen LogP contribution in [0.1, 0.15) is 35.7 Å². The molecule has 0 spiro atoms. The molecule has 0 radical (unpaired) electrons. The van der Waals surface area contributed by atoms with Crippen LogP contribution in [0.15, 0.2) is 53.5 Å². The van der Waals surface area contributed by atoms with Crippen LogP contribution in [0.2, 0.25) is 0 Å². The molecule has 0 heterocycles. The van der Waals surface area contributed by atoms with Crippen molar-refractivity contribution >= 4 is 34.7 Å². The van der Waals surface area contributed by atoms with E-state index in [1.54, 1.807) is 24.3 Å². The lowest BCUT2D eigenvalue weighted by Crippen LogP contribution is -2.15. The van der Waals surface area contributed by atoms with Crippen LogP contribution in [0.4, 0.5) is 11.4 Å². The van der Waals surface area contributed by atoms with Gasteiger partial charge in [-0.15, -0.1) is 11.6 Å². The van der Waals surface area contributed by atoms with Gasteiger partial charge in [-0.05, 0) is 29.7 Å². The zero-order chi connectivity index (χ0) is 16.8. The molecule has 4 nitrogen and oxygen atoms in total. The minimum absolute atomic E-state index is 0.117. The number of alkyl halides is 1. The van der Waals surface area contributed by atoms with Gasteiger partial charge in [0.1, 0.15) is 5.84 Å². The minimum Gasteiger partial charge on any atom is -0.386 e. The molecule has 0 aliphatic carbocycles. The second kappa shape index (κ2) is 7.79. The van der Waals surface area contributed by atoms with Crippen molar-refractivity contribution in [1.29, 1.82) is 0 Å². The molecule has 3 N–H and O–H groups in total. The lowest BCUT2D eigenvalue weighted by atomic mass is 10.0. The number of benzene rings is 2. The van der Waals surface area contributed by atoms with Crippen molar-refractivity contribution in [2.45, 2.75) is 19.8 Å². The van der Waals surface area contributed by atoms with E-state index < -0.39 is 0 Å². The van der Waals surface area contributed by atoms with Crippen LogP contribution in [0, 0.1) is 0 Å². The lowest BCUT2D eigenvalue weighted by Gasteiger charge is -2.14. The monoisotopic (exact) mass is 329 g/mol. The summed E-state index contributed by atoms with van der Waals surface area (Å²) in [6, 6.07) is 14.8. The Kier molecular flexibility index (Phi) is 5.77. The van der Waals surface area contributed by atoms with E-state index in [2.05, 4.69) is 24.2 Å². The first-order chi connectivity index (χ1) is 11.0. The van der Waals surface area contributed by atoms with Crippen LogP contribution < -0.4 is 11.1 Å². The maximum absolute atomic E-state index is 12.6. The van der Waals surface area contributed by atoms with Gasteiger partial charge in [-0.3, -0.25) is 4.79 Å². The van der Waals surface area contributed by atoms with E-state index in [9.17, 15) is 4.79 Å². The van der Waals surface area contributed by atoms with Gasteiger partial charge in [-0.2, -0.15) is 0 Å². The van der Waals surface area contributed by atoms with Crippen molar-refractivity contribution < 1.29 is 4.79 Å². The van der Waals surface area contributed by atoms with E-state index in [0.29, 0.717) is 17.2 Å². The van der Waals surface area contributed by atoms with Gasteiger partial charge < -0.3 is 11.1 Å². The highest BCUT2D eigenvalue weighted by atomic mass is 35.5. The summed E-state index contributed by atoms with van der Waals surface area (Å²) in [4.78, 5) is 16.8. The van der Waals surface area contributed by atoms with E-state index in [1.165, 1.54) is 0 Å². The highest BCUT2D eigenvalue weighted by Gasteiger charge is 2.14. The van der Waals surface area contributed by atoms with Gasteiger partial charge in [-0.25, -0.2) is 4.99 Å². The van der Waals surface area contributed by atoms with Crippen LogP contribution in [0.25, 0.3) is 0 Å². The molecule has 2 aromatic rings. The third-order valence-corrected chi connectivity index (χ3v) is 3.65. The molecule has 0 atom stereocenters. The van der Waals surface area contributed by atoms with Gasteiger partial charge in [0.25, 0.3) is 5.91 Å². The molecule has 0 aromatic heterocycles. The van der Waals surface area contributed by atoms with Gasteiger partial charge in [0, 0.05) is 5.69 Å². The molecule has 120 valence electrons. The van der Waals surface area contributed by atoms with E-state index in [1.807, 2.05) is 24.3 Å². The summed E-state index contributed by atoms with van der Waals surface area (Å²) in [6.07, 6.45) is 0. The quantitative estimate of drug-likeness (QED) is 0.488. The Morgan fingerprint density at radius 3 is 2.52 bits per heavy atom. The molecule has 23 heavy (non-hydrogen) atoms. The molecule has 0 bridgehead atoms. The summed E-state index contributed by atoms with van der Waals surface area (Å²) in [5.74, 6) is 0.479. The minimum atomic E-state index is -0.222. The van der Waals surface area contributed by atoms with E-state index in [0.717, 1.165) is 11.3 Å². The van der Waals surface area contributed by atoms with E-state index in [4.69, 9.17) is 17.3 Å². The smallest absolute Gasteiger partial charge is 0.257 e. The van der Waals surface area contributed by atoms with Crippen LogP contribution in [0.5, 0.6) is 0 Å². The Bertz CT molecular complexity index is 726. The number of halogens is 1. The molecule has 0 fully saturated rings. The number of nitrogens with two attached hydrogens (primary N) is 1. The van der Waals surface area contributed by atoms with Crippen molar-refractivity contribution in [1.82, 2.24) is 0 Å². The summed E-state index contributed by atoms with van der Waals surface area (Å²) in [5.41, 5.74) is 8.53. The average Bonchev–Trinajstić information content (AvgIpc) is 2.55. The van der Waals surface area contributed by atoms with Gasteiger partial charge in [0.15, 0.2) is 0 Å². The summed E-state index contributed by atoms with van der Waals surface area (Å²) < 4.78 is 0. The maximum Gasteiger partial charge on any atom is 0.257 e. The third-order valence-electron chi connectivity index (χ3n) is 3.38. The topological polar surface area (TPSA) is 67.5 Å². The average molecular weight is 330 g/mol. The molecule has 0 aliphatic rings. The summed E-state index contributed by atoms with van der Waals surface area (Å²) in [7, 11) is 0. The zero-order valence-electron chi connectivity index (χ0n) is 13.2. The predicted octanol–water partition coefficient (Wildman–Crippen LogP) is 4.29. The first-order valence-electron chi connectivity index (χ1n) is 7.41. The van der Waals surface area contributed by atoms with Crippen molar-refractivity contribution in [3.05, 3.63) is 59.7 Å². The number of para-hydroxylation sites is 2. The normalized spacial score (nSPS) is 11.6. The van der Waals surface area contributed by atoms with Crippen molar-refractivity contribution in [2.24, 2.45) is 10.7 Å². The Morgan fingerprint density at radius 2 is 1.83 bits per heavy atom. The summed E-state index contributed by atoms with van der Waals surface area (Å²) in [6.45, 7) is 4.18.